The molecule has 184 valence electrons. The number of halogens is 4. The number of hydrogen-bond donors (Lipinski definition) is 1. The smallest absolute Gasteiger partial charge is 0.411 e. The van der Waals surface area contributed by atoms with Crippen molar-refractivity contribution in [2.24, 2.45) is 0 Å². The molecule has 0 fully saturated rings. The molecule has 1 N–H and O–H groups in total. The minimum atomic E-state index is -4.41. The van der Waals surface area contributed by atoms with Gasteiger partial charge >= 0.3 is 6.18 Å². The van der Waals surface area contributed by atoms with Crippen molar-refractivity contribution in [1.29, 1.82) is 0 Å². The van der Waals surface area contributed by atoms with Crippen LogP contribution in [-0.4, -0.2) is 34.2 Å². The molecule has 3 aromatic rings. The normalized spacial score (nSPS) is 13.4. The molecule has 1 amide bonds. The first-order chi connectivity index (χ1) is 16.6. The molecule has 0 aliphatic carbocycles. The molecule has 4 rings (SSSR count). The van der Waals surface area contributed by atoms with Crippen LogP contribution in [0, 0.1) is 6.92 Å². The second kappa shape index (κ2) is 9.61. The zero-order valence-corrected chi connectivity index (χ0v) is 19.7. The van der Waals surface area contributed by atoms with Crippen molar-refractivity contribution >= 4 is 23.5 Å². The van der Waals surface area contributed by atoms with Gasteiger partial charge in [0.2, 0.25) is 5.95 Å². The van der Waals surface area contributed by atoms with Gasteiger partial charge in [-0.3, -0.25) is 9.59 Å². The third-order valence-electron chi connectivity index (χ3n) is 5.80. The van der Waals surface area contributed by atoms with Crippen molar-refractivity contribution in [3.05, 3.63) is 91.4 Å². The Labute approximate surface area is 204 Å². The predicted molar refractivity (Wildman–Crippen MR) is 124 cm³/mol. The number of fused-ring (bicyclic) bond motifs is 1. The third kappa shape index (κ3) is 5.12. The van der Waals surface area contributed by atoms with E-state index in [9.17, 15) is 22.8 Å². The summed E-state index contributed by atoms with van der Waals surface area (Å²) in [5.41, 5.74) is 1.51. The van der Waals surface area contributed by atoms with E-state index in [-0.39, 0.29) is 24.9 Å². The van der Waals surface area contributed by atoms with Crippen LogP contribution in [-0.2, 0) is 25.7 Å². The van der Waals surface area contributed by atoms with Crippen LogP contribution in [0.1, 0.15) is 38.3 Å². The van der Waals surface area contributed by atoms with Gasteiger partial charge < -0.3 is 15.1 Å². The highest BCUT2D eigenvalue weighted by atomic mass is 35.5. The molecule has 2 heterocycles. The highest BCUT2D eigenvalue weighted by molar-refractivity contribution is 6.31. The first-order valence-electron chi connectivity index (χ1n) is 10.7. The minimum absolute atomic E-state index is 0.0736. The SMILES string of the molecule is COn1c(NCc2ccc(C(F)(F)F)cc2)nc2c(c1=O)CN(C(=O)c1ccc(Cl)c(C)c1)CC2. The lowest BCUT2D eigenvalue weighted by atomic mass is 10.0. The molecule has 2 aromatic carbocycles. The van der Waals surface area contributed by atoms with E-state index >= 15 is 0 Å². The molecule has 35 heavy (non-hydrogen) atoms. The number of benzene rings is 2. The van der Waals surface area contributed by atoms with Crippen LogP contribution in [0.2, 0.25) is 5.02 Å². The summed E-state index contributed by atoms with van der Waals surface area (Å²) in [6, 6.07) is 9.71. The van der Waals surface area contributed by atoms with E-state index in [0.717, 1.165) is 22.4 Å². The van der Waals surface area contributed by atoms with Crippen molar-refractivity contribution in [2.45, 2.75) is 32.6 Å². The van der Waals surface area contributed by atoms with Gasteiger partial charge in [0.15, 0.2) is 0 Å². The van der Waals surface area contributed by atoms with Crippen molar-refractivity contribution in [1.82, 2.24) is 14.6 Å². The van der Waals surface area contributed by atoms with Crippen LogP contribution >= 0.6 is 11.6 Å². The Kier molecular flexibility index (Phi) is 6.75. The fraction of sp³-hybridized carbons (Fsp3) is 0.292. The lowest BCUT2D eigenvalue weighted by Crippen LogP contribution is -2.42. The van der Waals surface area contributed by atoms with Gasteiger partial charge in [-0.05, 0) is 48.4 Å². The van der Waals surface area contributed by atoms with Crippen molar-refractivity contribution in [3.8, 4) is 0 Å². The molecule has 1 aliphatic heterocycles. The Bertz CT molecular complexity index is 1320. The van der Waals surface area contributed by atoms with Gasteiger partial charge in [-0.15, -0.1) is 4.73 Å². The van der Waals surface area contributed by atoms with E-state index < -0.39 is 17.3 Å². The van der Waals surface area contributed by atoms with Gasteiger partial charge in [-0.2, -0.15) is 13.2 Å². The summed E-state index contributed by atoms with van der Waals surface area (Å²) in [5.74, 6) is -0.0902. The molecule has 1 aliphatic rings. The van der Waals surface area contributed by atoms with E-state index in [4.69, 9.17) is 16.4 Å². The fourth-order valence-electron chi connectivity index (χ4n) is 3.87. The summed E-state index contributed by atoms with van der Waals surface area (Å²) in [5, 5.41) is 3.52. The molecule has 0 bridgehead atoms. The van der Waals surface area contributed by atoms with Crippen molar-refractivity contribution in [2.75, 3.05) is 19.0 Å². The highest BCUT2D eigenvalue weighted by Crippen LogP contribution is 2.29. The molecular formula is C24H22ClF3N4O3. The summed E-state index contributed by atoms with van der Waals surface area (Å²) >= 11 is 6.05. The number of rotatable bonds is 5. The van der Waals surface area contributed by atoms with Crippen LogP contribution in [0.15, 0.2) is 47.3 Å². The molecule has 0 atom stereocenters. The monoisotopic (exact) mass is 506 g/mol. The molecule has 0 saturated carbocycles. The number of amides is 1. The predicted octanol–water partition coefficient (Wildman–Crippen LogP) is 4.09. The Morgan fingerprint density at radius 3 is 2.54 bits per heavy atom. The minimum Gasteiger partial charge on any atom is -0.411 e. The summed E-state index contributed by atoms with van der Waals surface area (Å²) in [4.78, 5) is 37.4. The standard InChI is InChI=1S/C24H22ClF3N4O3/c1-14-11-16(5-8-19(14)25)21(33)31-10-9-20-18(13-31)22(34)32(35-2)23(30-20)29-12-15-3-6-17(7-4-15)24(26,27)28/h3-8,11H,9-10,12-13H2,1-2H3,(H,29,30). The first kappa shape index (κ1) is 24.6. The van der Waals surface area contributed by atoms with Gasteiger partial charge in [0.05, 0.1) is 23.4 Å². The molecule has 0 radical (unpaired) electrons. The molecule has 0 unspecified atom stereocenters. The van der Waals surface area contributed by atoms with Gasteiger partial charge in [-0.25, -0.2) is 4.98 Å². The van der Waals surface area contributed by atoms with Gasteiger partial charge in [0.1, 0.15) is 7.11 Å². The number of nitrogens with zero attached hydrogens (tertiary/aromatic N) is 3. The van der Waals surface area contributed by atoms with Crippen LogP contribution in [0.4, 0.5) is 19.1 Å². The van der Waals surface area contributed by atoms with Crippen LogP contribution < -0.4 is 15.7 Å². The van der Waals surface area contributed by atoms with E-state index in [1.807, 2.05) is 6.92 Å². The maximum Gasteiger partial charge on any atom is 0.416 e. The zero-order valence-electron chi connectivity index (χ0n) is 18.9. The largest absolute Gasteiger partial charge is 0.416 e. The maximum absolute atomic E-state index is 13.1. The number of alkyl halides is 3. The topological polar surface area (TPSA) is 76.5 Å². The quantitative estimate of drug-likeness (QED) is 0.564. The average molecular weight is 507 g/mol. The number of carbonyl (C=O) groups is 1. The van der Waals surface area contributed by atoms with E-state index in [1.54, 1.807) is 23.1 Å². The number of aryl methyl sites for hydroxylation is 1. The van der Waals surface area contributed by atoms with E-state index in [1.165, 1.54) is 19.2 Å². The third-order valence-corrected chi connectivity index (χ3v) is 6.22. The van der Waals surface area contributed by atoms with E-state index in [0.29, 0.717) is 40.4 Å². The van der Waals surface area contributed by atoms with Crippen LogP contribution in [0.3, 0.4) is 0 Å². The Morgan fingerprint density at radius 1 is 1.20 bits per heavy atom. The lowest BCUT2D eigenvalue weighted by Gasteiger charge is -2.29. The molecule has 0 saturated heterocycles. The Morgan fingerprint density at radius 2 is 1.91 bits per heavy atom. The molecule has 11 heteroatoms. The second-order valence-corrected chi connectivity index (χ2v) is 8.54. The number of aromatic nitrogens is 2. The van der Waals surface area contributed by atoms with Crippen molar-refractivity contribution in [3.63, 3.8) is 0 Å². The highest BCUT2D eigenvalue weighted by Gasteiger charge is 2.30. The zero-order chi connectivity index (χ0) is 25.3. The van der Waals surface area contributed by atoms with E-state index in [2.05, 4.69) is 10.3 Å². The maximum atomic E-state index is 13.1. The average Bonchev–Trinajstić information content (AvgIpc) is 2.83. The lowest BCUT2D eigenvalue weighted by molar-refractivity contribution is -0.137. The van der Waals surface area contributed by atoms with Gasteiger partial charge in [0.25, 0.3) is 11.5 Å². The Hall–Kier alpha value is -3.53. The number of anilines is 1. The van der Waals surface area contributed by atoms with Gasteiger partial charge in [0, 0.05) is 30.1 Å². The summed E-state index contributed by atoms with van der Waals surface area (Å²) in [6.07, 6.45) is -4.05. The molecule has 0 spiro atoms. The molecular weight excluding hydrogens is 485 g/mol. The fourth-order valence-corrected chi connectivity index (χ4v) is 3.98. The first-order valence-corrected chi connectivity index (χ1v) is 11.1. The number of nitrogens with one attached hydrogen (secondary N) is 1. The summed E-state index contributed by atoms with van der Waals surface area (Å²) < 4.78 is 39.3. The molecule has 1 aromatic heterocycles. The van der Waals surface area contributed by atoms with Crippen LogP contribution in [0.5, 0.6) is 0 Å². The number of hydrogen-bond acceptors (Lipinski definition) is 5. The second-order valence-electron chi connectivity index (χ2n) is 8.13. The molecule has 7 nitrogen and oxygen atoms in total. The summed E-state index contributed by atoms with van der Waals surface area (Å²) in [7, 11) is 1.31. The summed E-state index contributed by atoms with van der Waals surface area (Å²) in [6.45, 7) is 2.39. The number of carbonyl (C=O) groups excluding carboxylic acids is 1. The van der Waals surface area contributed by atoms with Crippen LogP contribution in [0.25, 0.3) is 0 Å². The van der Waals surface area contributed by atoms with Crippen molar-refractivity contribution < 1.29 is 22.8 Å². The Balaban J connectivity index is 1.53. The van der Waals surface area contributed by atoms with Gasteiger partial charge in [-0.1, -0.05) is 23.7 Å².